The van der Waals surface area contributed by atoms with E-state index in [-0.39, 0.29) is 12.0 Å². The molecule has 0 atom stereocenters. The van der Waals surface area contributed by atoms with Crippen molar-refractivity contribution in [2.45, 2.75) is 32.7 Å². The molecule has 0 saturated carbocycles. The minimum Gasteiger partial charge on any atom is -0.395 e. The van der Waals surface area contributed by atoms with Crippen LogP contribution >= 0.6 is 0 Å². The number of rotatable bonds is 4. The van der Waals surface area contributed by atoms with Crippen molar-refractivity contribution in [2.75, 3.05) is 20.2 Å². The Labute approximate surface area is 98.9 Å². The first-order valence-corrected chi connectivity index (χ1v) is 5.82. The van der Waals surface area contributed by atoms with Gasteiger partial charge in [0.2, 0.25) is 0 Å². The maximum atomic E-state index is 8.82. The summed E-state index contributed by atoms with van der Waals surface area (Å²) in [5.74, 6) is 0. The van der Waals surface area contributed by atoms with Gasteiger partial charge in [0.05, 0.1) is 6.61 Å². The molecule has 0 radical (unpaired) electrons. The number of nitrogens with zero attached hydrogens (tertiary/aromatic N) is 1. The number of aliphatic hydroxyl groups is 1. The Morgan fingerprint density at radius 2 is 1.69 bits per heavy atom. The normalized spacial score (nSPS) is 12.1. The second-order valence-corrected chi connectivity index (χ2v) is 5.41. The molecule has 0 amide bonds. The predicted octanol–water partition coefficient (Wildman–Crippen LogP) is 2.41. The van der Waals surface area contributed by atoms with Gasteiger partial charge < -0.3 is 5.11 Å². The van der Waals surface area contributed by atoms with Crippen molar-refractivity contribution in [1.29, 1.82) is 0 Å². The Balaban J connectivity index is 2.65. The van der Waals surface area contributed by atoms with Crippen LogP contribution in [0.4, 0.5) is 0 Å². The van der Waals surface area contributed by atoms with Gasteiger partial charge in [-0.2, -0.15) is 0 Å². The first-order valence-electron chi connectivity index (χ1n) is 5.82. The van der Waals surface area contributed by atoms with Crippen molar-refractivity contribution < 1.29 is 5.11 Å². The molecule has 0 unspecified atom stereocenters. The van der Waals surface area contributed by atoms with E-state index >= 15 is 0 Å². The molecule has 1 rings (SSSR count). The van der Waals surface area contributed by atoms with E-state index in [0.29, 0.717) is 0 Å². The molecule has 0 saturated heterocycles. The van der Waals surface area contributed by atoms with Crippen LogP contribution < -0.4 is 0 Å². The third kappa shape index (κ3) is 3.95. The molecule has 16 heavy (non-hydrogen) atoms. The fourth-order valence-electron chi connectivity index (χ4n) is 1.67. The number of hydrogen-bond donors (Lipinski definition) is 1. The van der Waals surface area contributed by atoms with E-state index in [9.17, 15) is 0 Å². The topological polar surface area (TPSA) is 23.5 Å². The lowest BCUT2D eigenvalue weighted by molar-refractivity contribution is 0.217. The van der Waals surface area contributed by atoms with Crippen LogP contribution in [0.5, 0.6) is 0 Å². The monoisotopic (exact) mass is 221 g/mol. The molecule has 1 aromatic carbocycles. The van der Waals surface area contributed by atoms with Crippen LogP contribution in [-0.4, -0.2) is 30.2 Å². The van der Waals surface area contributed by atoms with Gasteiger partial charge in [-0.3, -0.25) is 4.90 Å². The van der Waals surface area contributed by atoms with Crippen LogP contribution in [0.15, 0.2) is 24.3 Å². The molecule has 2 heteroatoms. The minimum absolute atomic E-state index is 0.218. The van der Waals surface area contributed by atoms with Crippen LogP contribution in [0, 0.1) is 0 Å². The number of benzene rings is 1. The maximum absolute atomic E-state index is 8.82. The van der Waals surface area contributed by atoms with Crippen molar-refractivity contribution in [3.63, 3.8) is 0 Å². The molecule has 0 aromatic heterocycles. The van der Waals surface area contributed by atoms with Crippen molar-refractivity contribution in [3.8, 4) is 0 Å². The first-order chi connectivity index (χ1) is 7.43. The fraction of sp³-hybridized carbons (Fsp3) is 0.571. The quantitative estimate of drug-likeness (QED) is 0.844. The van der Waals surface area contributed by atoms with Crippen LogP contribution in [0.1, 0.15) is 31.9 Å². The molecule has 1 aromatic rings. The number of aliphatic hydroxyl groups excluding tert-OH is 1. The van der Waals surface area contributed by atoms with Crippen molar-refractivity contribution in [3.05, 3.63) is 35.4 Å². The summed E-state index contributed by atoms with van der Waals surface area (Å²) in [5, 5.41) is 8.82. The predicted molar refractivity (Wildman–Crippen MR) is 68.6 cm³/mol. The van der Waals surface area contributed by atoms with Gasteiger partial charge in [-0.25, -0.2) is 0 Å². The molecule has 0 heterocycles. The molecular weight excluding hydrogens is 198 g/mol. The van der Waals surface area contributed by atoms with Crippen LogP contribution in [0.25, 0.3) is 0 Å². The Kier molecular flexibility index (Phi) is 4.51. The molecule has 0 fully saturated rings. The molecule has 0 aliphatic rings. The zero-order valence-corrected chi connectivity index (χ0v) is 10.8. The van der Waals surface area contributed by atoms with Gasteiger partial charge in [-0.1, -0.05) is 45.0 Å². The summed E-state index contributed by atoms with van der Waals surface area (Å²) in [4.78, 5) is 2.12. The van der Waals surface area contributed by atoms with Gasteiger partial charge in [-0.05, 0) is 23.6 Å². The van der Waals surface area contributed by atoms with Crippen molar-refractivity contribution in [2.24, 2.45) is 0 Å². The lowest BCUT2D eigenvalue weighted by Crippen LogP contribution is -2.21. The standard InChI is InChI=1S/C14H23NO/c1-14(2,3)13-7-5-12(6-8-13)11-15(4)9-10-16/h5-8,16H,9-11H2,1-4H3. The Bertz CT molecular complexity index is 311. The van der Waals surface area contributed by atoms with Crippen molar-refractivity contribution in [1.82, 2.24) is 4.90 Å². The SMILES string of the molecule is CN(CCO)Cc1ccc(C(C)(C)C)cc1. The highest BCUT2D eigenvalue weighted by Gasteiger charge is 2.12. The molecule has 2 nitrogen and oxygen atoms in total. The number of hydrogen-bond acceptors (Lipinski definition) is 2. The van der Waals surface area contributed by atoms with Crippen LogP contribution in [0.3, 0.4) is 0 Å². The Morgan fingerprint density at radius 3 is 2.12 bits per heavy atom. The molecule has 90 valence electrons. The number of likely N-dealkylation sites (N-methyl/N-ethyl adjacent to an activating group) is 1. The zero-order valence-electron chi connectivity index (χ0n) is 10.8. The Morgan fingerprint density at radius 1 is 1.12 bits per heavy atom. The van der Waals surface area contributed by atoms with Gasteiger partial charge in [0.15, 0.2) is 0 Å². The lowest BCUT2D eigenvalue weighted by Gasteiger charge is -2.20. The average Bonchev–Trinajstić information content (AvgIpc) is 2.17. The summed E-state index contributed by atoms with van der Waals surface area (Å²) < 4.78 is 0. The fourth-order valence-corrected chi connectivity index (χ4v) is 1.67. The molecule has 0 bridgehead atoms. The van der Waals surface area contributed by atoms with Crippen LogP contribution in [-0.2, 0) is 12.0 Å². The van der Waals surface area contributed by atoms with Crippen molar-refractivity contribution >= 4 is 0 Å². The smallest absolute Gasteiger partial charge is 0.0558 e. The van der Waals surface area contributed by atoms with E-state index in [2.05, 4.69) is 49.9 Å². The van der Waals surface area contributed by atoms with E-state index in [1.54, 1.807) is 0 Å². The molecule has 0 spiro atoms. The third-order valence-electron chi connectivity index (χ3n) is 2.75. The van der Waals surface area contributed by atoms with Gasteiger partial charge in [0, 0.05) is 13.1 Å². The second kappa shape index (κ2) is 5.46. The van der Waals surface area contributed by atoms with E-state index in [1.807, 2.05) is 7.05 Å². The second-order valence-electron chi connectivity index (χ2n) is 5.41. The molecule has 0 aliphatic heterocycles. The zero-order chi connectivity index (χ0) is 12.2. The molecule has 0 aliphatic carbocycles. The van der Waals surface area contributed by atoms with Gasteiger partial charge >= 0.3 is 0 Å². The highest BCUT2D eigenvalue weighted by molar-refractivity contribution is 5.27. The highest BCUT2D eigenvalue weighted by atomic mass is 16.3. The maximum Gasteiger partial charge on any atom is 0.0558 e. The summed E-state index contributed by atoms with van der Waals surface area (Å²) in [7, 11) is 2.02. The van der Waals surface area contributed by atoms with Gasteiger partial charge in [0.25, 0.3) is 0 Å². The molecular formula is C14H23NO. The molecule has 1 N–H and O–H groups in total. The first kappa shape index (κ1) is 13.2. The van der Waals surface area contributed by atoms with E-state index in [0.717, 1.165) is 13.1 Å². The summed E-state index contributed by atoms with van der Waals surface area (Å²) in [6, 6.07) is 8.74. The summed E-state index contributed by atoms with van der Waals surface area (Å²) in [6.07, 6.45) is 0. The summed E-state index contributed by atoms with van der Waals surface area (Å²) in [6.45, 7) is 8.50. The van der Waals surface area contributed by atoms with Gasteiger partial charge in [0.1, 0.15) is 0 Å². The van der Waals surface area contributed by atoms with Gasteiger partial charge in [-0.15, -0.1) is 0 Å². The third-order valence-corrected chi connectivity index (χ3v) is 2.75. The van der Waals surface area contributed by atoms with E-state index in [1.165, 1.54) is 11.1 Å². The summed E-state index contributed by atoms with van der Waals surface area (Å²) >= 11 is 0. The average molecular weight is 221 g/mol. The summed E-state index contributed by atoms with van der Waals surface area (Å²) in [5.41, 5.74) is 2.88. The highest BCUT2D eigenvalue weighted by Crippen LogP contribution is 2.22. The van der Waals surface area contributed by atoms with E-state index < -0.39 is 0 Å². The largest absolute Gasteiger partial charge is 0.395 e. The van der Waals surface area contributed by atoms with Crippen LogP contribution in [0.2, 0.25) is 0 Å². The van der Waals surface area contributed by atoms with E-state index in [4.69, 9.17) is 5.11 Å². The Hall–Kier alpha value is -0.860. The lowest BCUT2D eigenvalue weighted by atomic mass is 9.87. The minimum atomic E-state index is 0.218.